The minimum atomic E-state index is -4.67. The number of aliphatic hydroxyl groups is 1. The molecular weight excluding hydrogens is 236 g/mol. The number of nitrogens with zero attached hydrogens (tertiary/aromatic N) is 1. The molecule has 0 aromatic heterocycles. The molecule has 0 radical (unpaired) electrons. The van der Waals surface area contributed by atoms with Crippen LogP contribution in [0.2, 0.25) is 0 Å². The van der Waals surface area contributed by atoms with Gasteiger partial charge in [0, 0.05) is 32.7 Å². The van der Waals surface area contributed by atoms with Crippen molar-refractivity contribution in [3.05, 3.63) is 13.2 Å². The van der Waals surface area contributed by atoms with Crippen LogP contribution in [0.5, 0.6) is 0 Å². The first-order valence-corrected chi connectivity index (χ1v) is 6.07. The summed E-state index contributed by atoms with van der Waals surface area (Å²) in [4.78, 5) is 2.26. The quantitative estimate of drug-likeness (QED) is 0.372. The van der Waals surface area contributed by atoms with E-state index in [4.69, 9.17) is 22.6 Å². The van der Waals surface area contributed by atoms with Crippen LogP contribution in [0.25, 0.3) is 0 Å². The van der Waals surface area contributed by atoms with Crippen molar-refractivity contribution in [3.63, 3.8) is 0 Å². The molecule has 1 aliphatic rings. The minimum absolute atomic E-state index is 0.292. The second-order valence-corrected chi connectivity index (χ2v) is 3.66. The Balaban J connectivity index is 0. The van der Waals surface area contributed by atoms with Gasteiger partial charge in [-0.2, -0.15) is 8.42 Å². The van der Waals surface area contributed by atoms with Gasteiger partial charge in [0.2, 0.25) is 0 Å². The first-order valence-electron chi connectivity index (χ1n) is 4.67. The Morgan fingerprint density at radius 2 is 1.56 bits per heavy atom. The molecule has 16 heavy (non-hydrogen) atoms. The van der Waals surface area contributed by atoms with Crippen molar-refractivity contribution in [2.24, 2.45) is 0 Å². The number of nitrogens with one attached hydrogen (secondary N) is 1. The van der Waals surface area contributed by atoms with E-state index in [0.29, 0.717) is 6.61 Å². The maximum absolute atomic E-state index is 8.74. The van der Waals surface area contributed by atoms with Crippen molar-refractivity contribution in [2.75, 3.05) is 39.3 Å². The van der Waals surface area contributed by atoms with Crippen LogP contribution in [0.3, 0.4) is 0 Å². The molecule has 0 aromatic rings. The van der Waals surface area contributed by atoms with Gasteiger partial charge >= 0.3 is 10.4 Å². The third kappa shape index (κ3) is 19.1. The zero-order valence-corrected chi connectivity index (χ0v) is 9.99. The number of hydrogen-bond acceptors (Lipinski definition) is 5. The van der Waals surface area contributed by atoms with Gasteiger partial charge in [-0.25, -0.2) is 0 Å². The number of aliphatic hydroxyl groups excluding tert-OH is 1. The van der Waals surface area contributed by atoms with Crippen LogP contribution in [-0.4, -0.2) is 66.9 Å². The van der Waals surface area contributed by atoms with Crippen LogP contribution in [0.1, 0.15) is 0 Å². The van der Waals surface area contributed by atoms with Gasteiger partial charge < -0.3 is 10.4 Å². The molecule has 1 aliphatic heterocycles. The summed E-state index contributed by atoms with van der Waals surface area (Å²) in [6, 6.07) is 0. The van der Waals surface area contributed by atoms with E-state index in [0.717, 1.165) is 32.7 Å². The molecule has 0 unspecified atom stereocenters. The Labute approximate surface area is 96.3 Å². The Kier molecular flexibility index (Phi) is 12.3. The standard InChI is InChI=1S/C6H14N2O.C2H4.H2O4S/c9-6-5-8-3-1-7-2-4-8;1-2;1-5(2,3)4/h7,9H,1-6H2;1-2H2;(H2,1,2,3,4). The van der Waals surface area contributed by atoms with Crippen molar-refractivity contribution in [1.29, 1.82) is 0 Å². The second-order valence-electron chi connectivity index (χ2n) is 2.76. The zero-order valence-electron chi connectivity index (χ0n) is 9.17. The smallest absolute Gasteiger partial charge is 0.394 e. The van der Waals surface area contributed by atoms with Crippen LogP contribution >= 0.6 is 0 Å². The summed E-state index contributed by atoms with van der Waals surface area (Å²) >= 11 is 0. The van der Waals surface area contributed by atoms with Crippen molar-refractivity contribution in [1.82, 2.24) is 10.2 Å². The van der Waals surface area contributed by atoms with Crippen molar-refractivity contribution < 1.29 is 22.6 Å². The van der Waals surface area contributed by atoms with Crippen molar-refractivity contribution >= 4 is 10.4 Å². The topological polar surface area (TPSA) is 110 Å². The number of piperazine rings is 1. The van der Waals surface area contributed by atoms with E-state index in [1.54, 1.807) is 0 Å². The maximum atomic E-state index is 8.74. The van der Waals surface area contributed by atoms with Crippen LogP contribution in [0, 0.1) is 0 Å². The average molecular weight is 256 g/mol. The Morgan fingerprint density at radius 3 is 1.88 bits per heavy atom. The molecule has 1 fully saturated rings. The SMILES string of the molecule is C=C.O=S(=O)(O)O.OCCN1CCNCC1. The molecule has 1 heterocycles. The highest BCUT2D eigenvalue weighted by atomic mass is 32.3. The van der Waals surface area contributed by atoms with E-state index in [9.17, 15) is 0 Å². The summed E-state index contributed by atoms with van der Waals surface area (Å²) in [6.45, 7) is 11.4. The molecule has 0 bridgehead atoms. The molecular formula is C8H20N2O5S. The summed E-state index contributed by atoms with van der Waals surface area (Å²) in [6.07, 6.45) is 0. The van der Waals surface area contributed by atoms with E-state index < -0.39 is 10.4 Å². The van der Waals surface area contributed by atoms with Crippen LogP contribution in [-0.2, 0) is 10.4 Å². The van der Waals surface area contributed by atoms with E-state index in [-0.39, 0.29) is 0 Å². The van der Waals surface area contributed by atoms with Gasteiger partial charge in [0.25, 0.3) is 0 Å². The summed E-state index contributed by atoms with van der Waals surface area (Å²) in [7, 11) is -4.67. The summed E-state index contributed by atoms with van der Waals surface area (Å²) in [5.74, 6) is 0. The zero-order chi connectivity index (χ0) is 13.0. The molecule has 0 aliphatic carbocycles. The third-order valence-electron chi connectivity index (χ3n) is 1.63. The number of β-amino-alcohol motifs (C(OH)–C–C–N with tert-alkyl or cyclic N) is 1. The van der Waals surface area contributed by atoms with Gasteiger partial charge in [-0.1, -0.05) is 0 Å². The highest BCUT2D eigenvalue weighted by Crippen LogP contribution is 1.88. The van der Waals surface area contributed by atoms with Gasteiger partial charge in [0.1, 0.15) is 0 Å². The highest BCUT2D eigenvalue weighted by Gasteiger charge is 2.06. The average Bonchev–Trinajstić information content (AvgIpc) is 2.20. The molecule has 1 rings (SSSR count). The molecule has 0 saturated carbocycles. The Bertz CT molecular complexity index is 228. The molecule has 7 nitrogen and oxygen atoms in total. The van der Waals surface area contributed by atoms with Gasteiger partial charge in [0.15, 0.2) is 0 Å². The Morgan fingerprint density at radius 1 is 1.19 bits per heavy atom. The molecule has 1 saturated heterocycles. The number of rotatable bonds is 2. The van der Waals surface area contributed by atoms with Gasteiger partial charge in [-0.3, -0.25) is 14.0 Å². The van der Waals surface area contributed by atoms with Crippen LogP contribution in [0.15, 0.2) is 13.2 Å². The van der Waals surface area contributed by atoms with Crippen LogP contribution < -0.4 is 5.32 Å². The minimum Gasteiger partial charge on any atom is -0.395 e. The van der Waals surface area contributed by atoms with E-state index >= 15 is 0 Å². The molecule has 98 valence electrons. The molecule has 8 heteroatoms. The fourth-order valence-electron chi connectivity index (χ4n) is 1.08. The molecule has 4 N–H and O–H groups in total. The largest absolute Gasteiger partial charge is 0.395 e. The first kappa shape index (κ1) is 17.9. The normalized spacial score (nSPS) is 16.4. The van der Waals surface area contributed by atoms with Gasteiger partial charge in [-0.05, 0) is 0 Å². The molecule has 0 aromatic carbocycles. The van der Waals surface area contributed by atoms with Crippen molar-refractivity contribution in [2.45, 2.75) is 0 Å². The highest BCUT2D eigenvalue weighted by molar-refractivity contribution is 7.79. The maximum Gasteiger partial charge on any atom is 0.394 e. The third-order valence-corrected chi connectivity index (χ3v) is 1.63. The Hall–Kier alpha value is -0.510. The predicted octanol–water partition coefficient (Wildman–Crippen LogP) is -0.967. The number of hydrogen-bond donors (Lipinski definition) is 4. The van der Waals surface area contributed by atoms with Gasteiger partial charge in [0.05, 0.1) is 6.61 Å². The summed E-state index contributed by atoms with van der Waals surface area (Å²) in [5, 5.41) is 11.8. The summed E-state index contributed by atoms with van der Waals surface area (Å²) in [5.41, 5.74) is 0. The van der Waals surface area contributed by atoms with E-state index in [1.165, 1.54) is 0 Å². The fraction of sp³-hybridized carbons (Fsp3) is 0.750. The first-order chi connectivity index (χ1) is 7.43. The monoisotopic (exact) mass is 256 g/mol. The summed E-state index contributed by atoms with van der Waals surface area (Å²) < 4.78 is 31.6. The second kappa shape index (κ2) is 11.0. The van der Waals surface area contributed by atoms with E-state index in [2.05, 4.69) is 23.4 Å². The molecule has 0 atom stereocenters. The van der Waals surface area contributed by atoms with Gasteiger partial charge in [-0.15, -0.1) is 13.2 Å². The lowest BCUT2D eigenvalue weighted by molar-refractivity contribution is 0.180. The fourth-order valence-corrected chi connectivity index (χ4v) is 1.08. The van der Waals surface area contributed by atoms with Crippen LogP contribution in [0.4, 0.5) is 0 Å². The lowest BCUT2D eigenvalue weighted by Crippen LogP contribution is -2.44. The molecule has 0 amide bonds. The van der Waals surface area contributed by atoms with Crippen molar-refractivity contribution in [3.8, 4) is 0 Å². The predicted molar refractivity (Wildman–Crippen MR) is 61.8 cm³/mol. The molecule has 0 spiro atoms. The lowest BCUT2D eigenvalue weighted by Gasteiger charge is -2.25. The lowest BCUT2D eigenvalue weighted by atomic mass is 10.4. The van der Waals surface area contributed by atoms with E-state index in [1.807, 2.05) is 0 Å².